The standard InChI is InChI=1S/C7H16O6/c1-11-6(4-9)13-7(12-2)5(10)3-8/h5-10H,3-4H2,1-2H3. The van der Waals surface area contributed by atoms with Crippen LogP contribution >= 0.6 is 0 Å². The molecule has 6 nitrogen and oxygen atoms in total. The lowest BCUT2D eigenvalue weighted by atomic mass is 10.4. The highest BCUT2D eigenvalue weighted by molar-refractivity contribution is 4.58. The molecule has 0 radical (unpaired) electrons. The predicted molar refractivity (Wildman–Crippen MR) is 42.9 cm³/mol. The van der Waals surface area contributed by atoms with Crippen molar-refractivity contribution in [2.45, 2.75) is 18.7 Å². The molecule has 0 saturated carbocycles. The average Bonchev–Trinajstić information content (AvgIpc) is 2.19. The first-order valence-electron chi connectivity index (χ1n) is 3.80. The molecular weight excluding hydrogens is 180 g/mol. The van der Waals surface area contributed by atoms with E-state index in [1.807, 2.05) is 0 Å². The minimum Gasteiger partial charge on any atom is -0.393 e. The molecule has 0 aliphatic carbocycles. The molecule has 0 amide bonds. The maximum absolute atomic E-state index is 9.12. The number of methoxy groups -OCH3 is 2. The van der Waals surface area contributed by atoms with E-state index in [0.717, 1.165) is 0 Å². The molecule has 0 heterocycles. The third-order valence-electron chi connectivity index (χ3n) is 1.43. The topological polar surface area (TPSA) is 88.4 Å². The van der Waals surface area contributed by atoms with Gasteiger partial charge in [0.25, 0.3) is 0 Å². The lowest BCUT2D eigenvalue weighted by Crippen LogP contribution is -2.38. The zero-order valence-corrected chi connectivity index (χ0v) is 7.71. The number of ether oxygens (including phenoxy) is 3. The molecule has 0 fully saturated rings. The van der Waals surface area contributed by atoms with Gasteiger partial charge in [-0.2, -0.15) is 0 Å². The molecule has 6 heteroatoms. The van der Waals surface area contributed by atoms with Crippen LogP contribution in [-0.4, -0.2) is 61.4 Å². The fourth-order valence-electron chi connectivity index (χ4n) is 0.712. The van der Waals surface area contributed by atoms with Gasteiger partial charge in [0.15, 0.2) is 12.6 Å². The Morgan fingerprint density at radius 2 is 1.69 bits per heavy atom. The van der Waals surface area contributed by atoms with E-state index in [9.17, 15) is 0 Å². The van der Waals surface area contributed by atoms with Gasteiger partial charge in [-0.25, -0.2) is 0 Å². The van der Waals surface area contributed by atoms with Crippen LogP contribution in [0.2, 0.25) is 0 Å². The maximum atomic E-state index is 9.12. The third-order valence-corrected chi connectivity index (χ3v) is 1.43. The molecule has 0 aromatic rings. The Bertz CT molecular complexity index is 116. The molecule has 3 atom stereocenters. The molecule has 0 aliphatic heterocycles. The largest absolute Gasteiger partial charge is 0.393 e. The SMILES string of the molecule is COC(CO)OC(OC)C(O)CO. The minimum atomic E-state index is -1.16. The Labute approximate surface area is 76.7 Å². The van der Waals surface area contributed by atoms with Crippen LogP contribution in [0.15, 0.2) is 0 Å². The zero-order chi connectivity index (χ0) is 10.3. The Kier molecular flexibility index (Phi) is 7.06. The van der Waals surface area contributed by atoms with Crippen molar-refractivity contribution in [2.24, 2.45) is 0 Å². The molecule has 0 rings (SSSR count). The van der Waals surface area contributed by atoms with Gasteiger partial charge >= 0.3 is 0 Å². The lowest BCUT2D eigenvalue weighted by molar-refractivity contribution is -0.270. The summed E-state index contributed by atoms with van der Waals surface area (Å²) in [6, 6.07) is 0. The van der Waals surface area contributed by atoms with E-state index < -0.39 is 25.3 Å². The zero-order valence-electron chi connectivity index (χ0n) is 7.71. The smallest absolute Gasteiger partial charge is 0.188 e. The van der Waals surface area contributed by atoms with Gasteiger partial charge in [0.2, 0.25) is 0 Å². The summed E-state index contributed by atoms with van der Waals surface area (Å²) in [6.45, 7) is -0.838. The van der Waals surface area contributed by atoms with Crippen molar-refractivity contribution in [3.63, 3.8) is 0 Å². The van der Waals surface area contributed by atoms with Crippen molar-refractivity contribution in [1.29, 1.82) is 0 Å². The van der Waals surface area contributed by atoms with Gasteiger partial charge in [-0.15, -0.1) is 0 Å². The van der Waals surface area contributed by atoms with Crippen molar-refractivity contribution in [3.05, 3.63) is 0 Å². The van der Waals surface area contributed by atoms with E-state index in [2.05, 4.69) is 4.74 Å². The minimum absolute atomic E-state index is 0.353. The summed E-state index contributed by atoms with van der Waals surface area (Å²) in [7, 11) is 2.66. The number of hydrogen-bond acceptors (Lipinski definition) is 6. The van der Waals surface area contributed by atoms with Crippen LogP contribution in [-0.2, 0) is 14.2 Å². The van der Waals surface area contributed by atoms with E-state index in [0.29, 0.717) is 0 Å². The van der Waals surface area contributed by atoms with Gasteiger partial charge in [-0.3, -0.25) is 0 Å². The van der Waals surface area contributed by atoms with Crippen LogP contribution < -0.4 is 0 Å². The molecular formula is C7H16O6. The summed E-state index contributed by atoms with van der Waals surface area (Å²) in [5, 5.41) is 26.4. The van der Waals surface area contributed by atoms with Gasteiger partial charge in [0.1, 0.15) is 6.10 Å². The number of aliphatic hydroxyl groups is 3. The molecule has 80 valence electrons. The molecule has 3 N–H and O–H groups in total. The molecule has 13 heavy (non-hydrogen) atoms. The predicted octanol–water partition coefficient (Wildman–Crippen LogP) is -1.71. The maximum Gasteiger partial charge on any atom is 0.188 e. The first-order chi connectivity index (χ1) is 6.19. The summed E-state index contributed by atoms with van der Waals surface area (Å²) in [6.07, 6.45) is -3.04. The highest BCUT2D eigenvalue weighted by Crippen LogP contribution is 2.04. The fraction of sp³-hybridized carbons (Fsp3) is 1.00. The molecule has 0 bridgehead atoms. The van der Waals surface area contributed by atoms with Crippen LogP contribution in [0.4, 0.5) is 0 Å². The molecule has 3 unspecified atom stereocenters. The fourth-order valence-corrected chi connectivity index (χ4v) is 0.712. The Morgan fingerprint density at radius 1 is 1.08 bits per heavy atom. The van der Waals surface area contributed by atoms with E-state index in [-0.39, 0.29) is 6.61 Å². The van der Waals surface area contributed by atoms with E-state index >= 15 is 0 Å². The average molecular weight is 196 g/mol. The number of hydrogen-bond donors (Lipinski definition) is 3. The second-order valence-corrected chi connectivity index (χ2v) is 2.34. The van der Waals surface area contributed by atoms with Gasteiger partial charge in [-0.05, 0) is 0 Å². The van der Waals surface area contributed by atoms with Crippen molar-refractivity contribution < 1.29 is 29.5 Å². The van der Waals surface area contributed by atoms with Crippen molar-refractivity contribution in [3.8, 4) is 0 Å². The van der Waals surface area contributed by atoms with E-state index in [4.69, 9.17) is 24.8 Å². The first kappa shape index (κ1) is 12.8. The van der Waals surface area contributed by atoms with Gasteiger partial charge in [0, 0.05) is 14.2 Å². The molecule has 0 aliphatic rings. The van der Waals surface area contributed by atoms with Crippen LogP contribution in [0.1, 0.15) is 0 Å². The Morgan fingerprint density at radius 3 is 2.00 bits per heavy atom. The summed E-state index contributed by atoms with van der Waals surface area (Å²) in [5.74, 6) is 0. The number of rotatable bonds is 7. The summed E-state index contributed by atoms with van der Waals surface area (Å²) in [5.41, 5.74) is 0. The lowest BCUT2D eigenvalue weighted by Gasteiger charge is -2.24. The van der Waals surface area contributed by atoms with Gasteiger partial charge < -0.3 is 29.5 Å². The molecule has 0 aromatic carbocycles. The quantitative estimate of drug-likeness (QED) is 0.420. The molecule has 0 aromatic heterocycles. The summed E-state index contributed by atoms with van der Waals surface area (Å²) in [4.78, 5) is 0. The van der Waals surface area contributed by atoms with Crippen LogP contribution in [0.25, 0.3) is 0 Å². The van der Waals surface area contributed by atoms with Crippen LogP contribution in [0.3, 0.4) is 0 Å². The van der Waals surface area contributed by atoms with Crippen molar-refractivity contribution >= 4 is 0 Å². The van der Waals surface area contributed by atoms with E-state index in [1.165, 1.54) is 14.2 Å². The molecule has 0 spiro atoms. The van der Waals surface area contributed by atoms with E-state index in [1.54, 1.807) is 0 Å². The summed E-state index contributed by atoms with van der Waals surface area (Å²) < 4.78 is 14.3. The highest BCUT2D eigenvalue weighted by atomic mass is 16.8. The number of aliphatic hydroxyl groups excluding tert-OH is 3. The van der Waals surface area contributed by atoms with Gasteiger partial charge in [-0.1, -0.05) is 0 Å². The normalized spacial score (nSPS) is 18.2. The Balaban J connectivity index is 3.94. The Hall–Kier alpha value is -0.240. The van der Waals surface area contributed by atoms with Gasteiger partial charge in [0.05, 0.1) is 13.2 Å². The monoisotopic (exact) mass is 196 g/mol. The van der Waals surface area contributed by atoms with Crippen LogP contribution in [0, 0.1) is 0 Å². The van der Waals surface area contributed by atoms with Crippen molar-refractivity contribution in [2.75, 3.05) is 27.4 Å². The van der Waals surface area contributed by atoms with Crippen molar-refractivity contribution in [1.82, 2.24) is 0 Å². The second kappa shape index (κ2) is 7.19. The second-order valence-electron chi connectivity index (χ2n) is 2.34. The third kappa shape index (κ3) is 4.51. The first-order valence-corrected chi connectivity index (χ1v) is 3.80. The van der Waals surface area contributed by atoms with Crippen LogP contribution in [0.5, 0.6) is 0 Å². The highest BCUT2D eigenvalue weighted by Gasteiger charge is 2.22. The molecule has 0 saturated heterocycles. The summed E-state index contributed by atoms with van der Waals surface area (Å²) >= 11 is 0.